The van der Waals surface area contributed by atoms with Crippen LogP contribution < -0.4 is 5.32 Å². The smallest absolute Gasteiger partial charge is 0.0440 e. The second-order valence-electron chi connectivity index (χ2n) is 5.53. The molecule has 3 unspecified atom stereocenters. The van der Waals surface area contributed by atoms with E-state index in [1.54, 1.807) is 0 Å². The number of nitrogens with one attached hydrogen (secondary N) is 1. The van der Waals surface area contributed by atoms with E-state index in [-0.39, 0.29) is 0 Å². The van der Waals surface area contributed by atoms with Crippen LogP contribution in [0.25, 0.3) is 0 Å². The molecular weight excluding hydrogens is 242 g/mol. The van der Waals surface area contributed by atoms with Crippen LogP contribution in [0.5, 0.6) is 0 Å². The first-order chi connectivity index (χ1) is 8.76. The van der Waals surface area contributed by atoms with Crippen LogP contribution in [-0.4, -0.2) is 13.6 Å². The lowest BCUT2D eigenvalue weighted by Crippen LogP contribution is -2.30. The SMILES string of the molecule is CCC1CCC(CNC)C(c2ccccc2Cl)C1. The largest absolute Gasteiger partial charge is 0.319 e. The first kappa shape index (κ1) is 13.9. The summed E-state index contributed by atoms with van der Waals surface area (Å²) < 4.78 is 0. The van der Waals surface area contributed by atoms with Crippen LogP contribution in [0.3, 0.4) is 0 Å². The van der Waals surface area contributed by atoms with Crippen molar-refractivity contribution in [3.63, 3.8) is 0 Å². The zero-order valence-electron chi connectivity index (χ0n) is 11.5. The van der Waals surface area contributed by atoms with Crippen molar-refractivity contribution < 1.29 is 0 Å². The fourth-order valence-corrected chi connectivity index (χ4v) is 3.63. The molecule has 0 saturated heterocycles. The van der Waals surface area contributed by atoms with Gasteiger partial charge in [-0.3, -0.25) is 0 Å². The highest BCUT2D eigenvalue weighted by atomic mass is 35.5. The number of halogens is 1. The quantitative estimate of drug-likeness (QED) is 0.847. The zero-order valence-corrected chi connectivity index (χ0v) is 12.2. The summed E-state index contributed by atoms with van der Waals surface area (Å²) >= 11 is 6.39. The van der Waals surface area contributed by atoms with Gasteiger partial charge in [-0.05, 0) is 55.8 Å². The van der Waals surface area contributed by atoms with Gasteiger partial charge in [-0.1, -0.05) is 49.6 Å². The minimum absolute atomic E-state index is 0.629. The molecule has 1 aliphatic rings. The highest BCUT2D eigenvalue weighted by Crippen LogP contribution is 2.43. The molecule has 1 fully saturated rings. The number of hydrogen-bond acceptors (Lipinski definition) is 1. The van der Waals surface area contributed by atoms with Gasteiger partial charge in [-0.2, -0.15) is 0 Å². The molecule has 100 valence electrons. The van der Waals surface area contributed by atoms with Gasteiger partial charge in [0.15, 0.2) is 0 Å². The predicted octanol–water partition coefficient (Wildman–Crippen LogP) is 4.47. The van der Waals surface area contributed by atoms with E-state index < -0.39 is 0 Å². The fraction of sp³-hybridized carbons (Fsp3) is 0.625. The van der Waals surface area contributed by atoms with Gasteiger partial charge < -0.3 is 5.32 Å². The summed E-state index contributed by atoms with van der Waals surface area (Å²) in [6.45, 7) is 3.42. The van der Waals surface area contributed by atoms with E-state index in [9.17, 15) is 0 Å². The molecule has 0 aliphatic heterocycles. The van der Waals surface area contributed by atoms with E-state index in [2.05, 4.69) is 31.4 Å². The lowest BCUT2D eigenvalue weighted by molar-refractivity contribution is 0.228. The van der Waals surface area contributed by atoms with Crippen LogP contribution in [0, 0.1) is 11.8 Å². The third kappa shape index (κ3) is 3.07. The summed E-state index contributed by atoms with van der Waals surface area (Å²) in [5.74, 6) is 2.24. The van der Waals surface area contributed by atoms with Crippen LogP contribution in [0.1, 0.15) is 44.1 Å². The number of rotatable bonds is 4. The molecule has 0 spiro atoms. The normalized spacial score (nSPS) is 28.3. The van der Waals surface area contributed by atoms with E-state index in [0.29, 0.717) is 5.92 Å². The van der Waals surface area contributed by atoms with Gasteiger partial charge in [-0.25, -0.2) is 0 Å². The van der Waals surface area contributed by atoms with E-state index >= 15 is 0 Å². The van der Waals surface area contributed by atoms with Crippen LogP contribution in [0.4, 0.5) is 0 Å². The molecule has 1 aromatic rings. The van der Waals surface area contributed by atoms with Crippen molar-refractivity contribution in [1.29, 1.82) is 0 Å². The molecule has 1 nitrogen and oxygen atoms in total. The zero-order chi connectivity index (χ0) is 13.0. The molecule has 1 saturated carbocycles. The van der Waals surface area contributed by atoms with Gasteiger partial charge in [0.05, 0.1) is 0 Å². The maximum atomic E-state index is 6.39. The lowest BCUT2D eigenvalue weighted by atomic mass is 9.70. The summed E-state index contributed by atoms with van der Waals surface area (Å²) in [5, 5.41) is 4.29. The fourth-order valence-electron chi connectivity index (χ4n) is 3.35. The number of benzene rings is 1. The maximum absolute atomic E-state index is 6.39. The topological polar surface area (TPSA) is 12.0 Å². The second-order valence-corrected chi connectivity index (χ2v) is 5.94. The Labute approximate surface area is 116 Å². The van der Waals surface area contributed by atoms with Crippen molar-refractivity contribution in [3.05, 3.63) is 34.9 Å². The van der Waals surface area contributed by atoms with Gasteiger partial charge in [0.1, 0.15) is 0 Å². The third-order valence-corrected chi connectivity index (χ3v) is 4.79. The molecule has 1 N–H and O–H groups in total. The predicted molar refractivity (Wildman–Crippen MR) is 79.2 cm³/mol. The van der Waals surface area contributed by atoms with Gasteiger partial charge in [0.25, 0.3) is 0 Å². The van der Waals surface area contributed by atoms with Crippen LogP contribution >= 0.6 is 11.6 Å². The number of hydrogen-bond donors (Lipinski definition) is 1. The summed E-state index contributed by atoms with van der Waals surface area (Å²) in [6, 6.07) is 8.39. The molecule has 0 aromatic heterocycles. The Balaban J connectivity index is 2.21. The maximum Gasteiger partial charge on any atom is 0.0440 e. The Morgan fingerprint density at radius 1 is 1.28 bits per heavy atom. The molecular formula is C16H24ClN. The highest BCUT2D eigenvalue weighted by molar-refractivity contribution is 6.31. The Hall–Kier alpha value is -0.530. The van der Waals surface area contributed by atoms with E-state index in [1.165, 1.54) is 31.2 Å². The van der Waals surface area contributed by atoms with Crippen LogP contribution in [0.2, 0.25) is 5.02 Å². The van der Waals surface area contributed by atoms with E-state index in [1.807, 2.05) is 12.1 Å². The Kier molecular flexibility index (Phi) is 5.08. The van der Waals surface area contributed by atoms with Gasteiger partial charge in [-0.15, -0.1) is 0 Å². The first-order valence-corrected chi connectivity index (χ1v) is 7.53. The molecule has 1 aliphatic carbocycles. The Bertz CT molecular complexity index is 377. The Morgan fingerprint density at radius 2 is 2.06 bits per heavy atom. The molecule has 0 bridgehead atoms. The van der Waals surface area contributed by atoms with Crippen LogP contribution in [0.15, 0.2) is 24.3 Å². The third-order valence-electron chi connectivity index (χ3n) is 4.45. The molecule has 3 atom stereocenters. The molecule has 0 radical (unpaired) electrons. The van der Waals surface area contributed by atoms with Crippen molar-refractivity contribution in [1.82, 2.24) is 5.32 Å². The molecule has 18 heavy (non-hydrogen) atoms. The summed E-state index contributed by atoms with van der Waals surface area (Å²) in [5.41, 5.74) is 1.36. The standard InChI is InChI=1S/C16H24ClN/c1-3-12-8-9-13(11-18-2)15(10-12)14-6-4-5-7-16(14)17/h4-7,12-13,15,18H,3,8-11H2,1-2H3. The van der Waals surface area contributed by atoms with Crippen LogP contribution in [-0.2, 0) is 0 Å². The second kappa shape index (κ2) is 6.58. The van der Waals surface area contributed by atoms with E-state index in [4.69, 9.17) is 11.6 Å². The van der Waals surface area contributed by atoms with Crippen molar-refractivity contribution in [2.24, 2.45) is 11.8 Å². The minimum atomic E-state index is 0.629. The van der Waals surface area contributed by atoms with Crippen molar-refractivity contribution >= 4 is 11.6 Å². The first-order valence-electron chi connectivity index (χ1n) is 7.15. The molecule has 0 heterocycles. The lowest BCUT2D eigenvalue weighted by Gasteiger charge is -2.36. The van der Waals surface area contributed by atoms with Gasteiger partial charge in [0, 0.05) is 5.02 Å². The average molecular weight is 266 g/mol. The summed E-state index contributed by atoms with van der Waals surface area (Å²) in [4.78, 5) is 0. The minimum Gasteiger partial charge on any atom is -0.319 e. The molecule has 0 amide bonds. The average Bonchev–Trinajstić information content (AvgIpc) is 2.40. The molecule has 1 aromatic carbocycles. The summed E-state index contributed by atoms with van der Waals surface area (Å²) in [7, 11) is 2.05. The highest BCUT2D eigenvalue weighted by Gasteiger charge is 2.31. The van der Waals surface area contributed by atoms with E-state index in [0.717, 1.165) is 23.4 Å². The molecule has 2 heteroatoms. The Morgan fingerprint density at radius 3 is 2.72 bits per heavy atom. The monoisotopic (exact) mass is 265 g/mol. The van der Waals surface area contributed by atoms with Gasteiger partial charge in [0.2, 0.25) is 0 Å². The molecule has 2 rings (SSSR count). The summed E-state index contributed by atoms with van der Waals surface area (Å²) in [6.07, 6.45) is 5.30. The van der Waals surface area contributed by atoms with Crippen molar-refractivity contribution in [3.8, 4) is 0 Å². The van der Waals surface area contributed by atoms with Crippen molar-refractivity contribution in [2.75, 3.05) is 13.6 Å². The van der Waals surface area contributed by atoms with Crippen molar-refractivity contribution in [2.45, 2.75) is 38.5 Å². The van der Waals surface area contributed by atoms with Gasteiger partial charge >= 0.3 is 0 Å².